The Hall–Kier alpha value is -2.62. The first-order valence-electron chi connectivity index (χ1n) is 5.66. The standard InChI is InChI=1S/C11H12FN5O3S/c1-6-9(5-14-15-6)21(19,20)17-8-4-2-3-7(12)10(8)11(13)16-18/h2-5,17-18H,1H3,(H2,13,16)(H,14,15). The summed E-state index contributed by atoms with van der Waals surface area (Å²) in [5.74, 6) is -1.37. The maximum Gasteiger partial charge on any atom is 0.265 e. The number of oxime groups is 1. The molecule has 8 nitrogen and oxygen atoms in total. The summed E-state index contributed by atoms with van der Waals surface area (Å²) in [6.07, 6.45) is 1.13. The van der Waals surface area contributed by atoms with Crippen molar-refractivity contribution in [3.8, 4) is 0 Å². The number of nitrogens with zero attached hydrogens (tertiary/aromatic N) is 2. The van der Waals surface area contributed by atoms with Crippen LogP contribution in [0, 0.1) is 12.7 Å². The third-order valence-corrected chi connectivity index (χ3v) is 4.17. The first-order chi connectivity index (χ1) is 9.86. The number of rotatable bonds is 4. The van der Waals surface area contributed by atoms with Gasteiger partial charge in [0.1, 0.15) is 10.7 Å². The molecule has 0 amide bonds. The Bertz CT molecular complexity index is 800. The van der Waals surface area contributed by atoms with Crippen molar-refractivity contribution in [1.29, 1.82) is 0 Å². The van der Waals surface area contributed by atoms with Crippen molar-refractivity contribution in [3.05, 3.63) is 41.5 Å². The molecule has 0 atom stereocenters. The molecule has 5 N–H and O–H groups in total. The summed E-state index contributed by atoms with van der Waals surface area (Å²) < 4.78 is 40.4. The fourth-order valence-corrected chi connectivity index (χ4v) is 2.94. The monoisotopic (exact) mass is 313 g/mol. The van der Waals surface area contributed by atoms with Gasteiger partial charge in [0, 0.05) is 0 Å². The van der Waals surface area contributed by atoms with Crippen molar-refractivity contribution in [3.63, 3.8) is 0 Å². The van der Waals surface area contributed by atoms with E-state index in [4.69, 9.17) is 10.9 Å². The number of nitrogens with one attached hydrogen (secondary N) is 2. The Labute approximate surface area is 119 Å². The van der Waals surface area contributed by atoms with Crippen molar-refractivity contribution in [2.75, 3.05) is 4.72 Å². The van der Waals surface area contributed by atoms with Crippen LogP contribution in [0.15, 0.2) is 34.4 Å². The molecule has 0 aliphatic rings. The largest absolute Gasteiger partial charge is 0.409 e. The van der Waals surface area contributed by atoms with Crippen LogP contribution < -0.4 is 10.5 Å². The highest BCUT2D eigenvalue weighted by atomic mass is 32.2. The fraction of sp³-hybridized carbons (Fsp3) is 0.0909. The van der Waals surface area contributed by atoms with E-state index >= 15 is 0 Å². The average molecular weight is 313 g/mol. The normalized spacial score (nSPS) is 12.4. The molecule has 0 aliphatic heterocycles. The van der Waals surface area contributed by atoms with E-state index in [2.05, 4.69) is 20.1 Å². The molecule has 0 aliphatic carbocycles. The van der Waals surface area contributed by atoms with Gasteiger partial charge in [0.2, 0.25) is 0 Å². The van der Waals surface area contributed by atoms with Gasteiger partial charge in [-0.2, -0.15) is 5.10 Å². The van der Waals surface area contributed by atoms with Crippen LogP contribution in [0.2, 0.25) is 0 Å². The molecule has 2 rings (SSSR count). The van der Waals surface area contributed by atoms with Crippen molar-refractivity contribution in [1.82, 2.24) is 10.2 Å². The number of anilines is 1. The minimum absolute atomic E-state index is 0.0859. The minimum Gasteiger partial charge on any atom is -0.409 e. The van der Waals surface area contributed by atoms with Gasteiger partial charge in [-0.05, 0) is 19.1 Å². The van der Waals surface area contributed by atoms with Crippen LogP contribution in [-0.4, -0.2) is 29.7 Å². The summed E-state index contributed by atoms with van der Waals surface area (Å²) in [7, 11) is -3.98. The second-order valence-electron chi connectivity index (χ2n) is 4.11. The highest BCUT2D eigenvalue weighted by Gasteiger charge is 2.22. The molecule has 112 valence electrons. The number of aromatic nitrogens is 2. The molecule has 0 bridgehead atoms. The smallest absolute Gasteiger partial charge is 0.265 e. The van der Waals surface area contributed by atoms with Crippen molar-refractivity contribution < 1.29 is 18.0 Å². The van der Waals surface area contributed by atoms with Gasteiger partial charge in [-0.25, -0.2) is 12.8 Å². The van der Waals surface area contributed by atoms with Gasteiger partial charge in [-0.3, -0.25) is 9.82 Å². The van der Waals surface area contributed by atoms with Crippen LogP contribution in [0.4, 0.5) is 10.1 Å². The number of benzene rings is 1. The summed E-state index contributed by atoms with van der Waals surface area (Å²) in [5.41, 5.74) is 5.20. The van der Waals surface area contributed by atoms with Crippen molar-refractivity contribution in [2.45, 2.75) is 11.8 Å². The highest BCUT2D eigenvalue weighted by molar-refractivity contribution is 7.92. The topological polar surface area (TPSA) is 133 Å². The Morgan fingerprint density at radius 1 is 1.52 bits per heavy atom. The molecule has 0 unspecified atom stereocenters. The van der Waals surface area contributed by atoms with Gasteiger partial charge in [0.05, 0.1) is 23.1 Å². The van der Waals surface area contributed by atoms with Crippen LogP contribution in [0.3, 0.4) is 0 Å². The van der Waals surface area contributed by atoms with Crippen LogP contribution in [0.25, 0.3) is 0 Å². The molecule has 0 fully saturated rings. The Morgan fingerprint density at radius 3 is 2.81 bits per heavy atom. The molecular weight excluding hydrogens is 301 g/mol. The molecule has 2 aromatic rings. The molecule has 0 saturated carbocycles. The molecule has 1 heterocycles. The number of hydrogen-bond donors (Lipinski definition) is 4. The number of nitrogens with two attached hydrogens (primary N) is 1. The molecule has 0 saturated heterocycles. The van der Waals surface area contributed by atoms with E-state index in [0.717, 1.165) is 12.3 Å². The van der Waals surface area contributed by atoms with E-state index in [1.807, 2.05) is 0 Å². The van der Waals surface area contributed by atoms with Crippen LogP contribution in [-0.2, 0) is 10.0 Å². The molecule has 1 aromatic carbocycles. The van der Waals surface area contributed by atoms with Gasteiger partial charge < -0.3 is 10.9 Å². The molecule has 0 spiro atoms. The average Bonchev–Trinajstić information content (AvgIpc) is 2.85. The number of H-pyrrole nitrogens is 1. The fourth-order valence-electron chi connectivity index (χ4n) is 1.73. The van der Waals surface area contributed by atoms with Crippen molar-refractivity contribution in [2.24, 2.45) is 10.9 Å². The van der Waals surface area contributed by atoms with E-state index in [1.54, 1.807) is 0 Å². The third-order valence-electron chi connectivity index (χ3n) is 2.69. The van der Waals surface area contributed by atoms with Crippen LogP contribution in [0.1, 0.15) is 11.3 Å². The molecular formula is C11H12FN5O3S. The quantitative estimate of drug-likeness (QED) is 0.286. The first kappa shape index (κ1) is 14.8. The number of amidine groups is 1. The van der Waals surface area contributed by atoms with Gasteiger partial charge in [0.25, 0.3) is 10.0 Å². The second kappa shape index (κ2) is 5.40. The van der Waals surface area contributed by atoms with E-state index in [9.17, 15) is 12.8 Å². The summed E-state index contributed by atoms with van der Waals surface area (Å²) in [4.78, 5) is -0.0859. The zero-order valence-electron chi connectivity index (χ0n) is 10.8. The lowest BCUT2D eigenvalue weighted by Crippen LogP contribution is -2.21. The molecule has 1 aromatic heterocycles. The van der Waals surface area contributed by atoms with Crippen LogP contribution in [0.5, 0.6) is 0 Å². The second-order valence-corrected chi connectivity index (χ2v) is 5.76. The van der Waals surface area contributed by atoms with Gasteiger partial charge in [0.15, 0.2) is 5.84 Å². The first-order valence-corrected chi connectivity index (χ1v) is 7.14. The molecule has 21 heavy (non-hydrogen) atoms. The predicted octanol–water partition coefficient (Wildman–Crippen LogP) is 0.753. The maximum absolute atomic E-state index is 13.8. The zero-order chi connectivity index (χ0) is 15.6. The van der Waals surface area contributed by atoms with Gasteiger partial charge in [-0.1, -0.05) is 11.2 Å². The zero-order valence-corrected chi connectivity index (χ0v) is 11.6. The van der Waals surface area contributed by atoms with E-state index in [0.29, 0.717) is 5.69 Å². The Morgan fingerprint density at radius 2 is 2.24 bits per heavy atom. The van der Waals surface area contributed by atoms with Gasteiger partial charge >= 0.3 is 0 Å². The number of hydrogen-bond acceptors (Lipinski definition) is 5. The summed E-state index contributed by atoms with van der Waals surface area (Å²) >= 11 is 0. The van der Waals surface area contributed by atoms with Gasteiger partial charge in [-0.15, -0.1) is 0 Å². The number of halogens is 1. The lowest BCUT2D eigenvalue weighted by Gasteiger charge is -2.12. The lowest BCUT2D eigenvalue weighted by molar-refractivity contribution is 0.318. The van der Waals surface area contributed by atoms with Crippen LogP contribution >= 0.6 is 0 Å². The van der Waals surface area contributed by atoms with E-state index in [-0.39, 0.29) is 16.1 Å². The highest BCUT2D eigenvalue weighted by Crippen LogP contribution is 2.23. The SMILES string of the molecule is Cc1[nH]ncc1S(=O)(=O)Nc1cccc(F)c1/C(N)=N/O. The summed E-state index contributed by atoms with van der Waals surface area (Å²) in [6.45, 7) is 1.53. The number of sulfonamides is 1. The number of aromatic amines is 1. The Kier molecular flexibility index (Phi) is 3.80. The van der Waals surface area contributed by atoms with E-state index in [1.165, 1.54) is 19.1 Å². The third kappa shape index (κ3) is 2.79. The summed E-state index contributed by atoms with van der Waals surface area (Å²) in [5, 5.41) is 17.5. The van der Waals surface area contributed by atoms with Crippen molar-refractivity contribution >= 4 is 21.5 Å². The number of aryl methyl sites for hydroxylation is 1. The van der Waals surface area contributed by atoms with E-state index < -0.39 is 21.7 Å². The Balaban J connectivity index is 2.50. The summed E-state index contributed by atoms with van der Waals surface area (Å²) in [6, 6.07) is 3.65. The molecule has 0 radical (unpaired) electrons. The lowest BCUT2D eigenvalue weighted by atomic mass is 10.1. The molecule has 10 heteroatoms. The minimum atomic E-state index is -3.98. The maximum atomic E-state index is 13.8. The predicted molar refractivity (Wildman–Crippen MR) is 73.0 cm³/mol.